The van der Waals surface area contributed by atoms with E-state index in [1.54, 1.807) is 38.7 Å². The molecule has 1 aliphatic heterocycles. The number of hydrogen-bond donors (Lipinski definition) is 1. The molecule has 1 fully saturated rings. The van der Waals surface area contributed by atoms with Gasteiger partial charge in [-0.1, -0.05) is 0 Å². The van der Waals surface area contributed by atoms with Gasteiger partial charge in [-0.3, -0.25) is 14.6 Å². The Morgan fingerprint density at radius 1 is 1.19 bits per heavy atom. The molecule has 1 saturated heterocycles. The molecule has 4 rings (SSSR count). The molecule has 9 nitrogen and oxygen atoms in total. The molecule has 0 saturated carbocycles. The Morgan fingerprint density at radius 3 is 2.56 bits per heavy atom. The Kier molecular flexibility index (Phi) is 6.61. The molecule has 4 heterocycles. The Morgan fingerprint density at radius 2 is 1.91 bits per heavy atom. The maximum absolute atomic E-state index is 13.0. The van der Waals surface area contributed by atoms with Crippen LogP contribution < -0.4 is 10.1 Å². The predicted molar refractivity (Wildman–Crippen MR) is 120 cm³/mol. The summed E-state index contributed by atoms with van der Waals surface area (Å²) in [6, 6.07) is 3.44. The minimum atomic E-state index is -0.139. The molecular weight excluding hydrogens is 430 g/mol. The summed E-state index contributed by atoms with van der Waals surface area (Å²) in [4.78, 5) is 41.6. The lowest BCUT2D eigenvalue weighted by Crippen LogP contribution is -2.46. The minimum Gasteiger partial charge on any atom is -0.480 e. The summed E-state index contributed by atoms with van der Waals surface area (Å²) in [5.41, 5.74) is 1.43. The van der Waals surface area contributed by atoms with E-state index in [0.717, 1.165) is 10.9 Å². The van der Waals surface area contributed by atoms with E-state index in [1.807, 2.05) is 11.8 Å². The minimum absolute atomic E-state index is 0.00457. The van der Waals surface area contributed by atoms with Crippen LogP contribution in [-0.4, -0.2) is 65.0 Å². The fourth-order valence-electron chi connectivity index (χ4n) is 3.86. The molecule has 2 amide bonds. The lowest BCUT2D eigenvalue weighted by atomic mass is 10.0. The van der Waals surface area contributed by atoms with Gasteiger partial charge in [-0.25, -0.2) is 4.98 Å². The normalized spacial score (nSPS) is 14.5. The first kappa shape index (κ1) is 22.1. The van der Waals surface area contributed by atoms with Gasteiger partial charge in [0.15, 0.2) is 5.82 Å². The van der Waals surface area contributed by atoms with Crippen LogP contribution in [-0.2, 0) is 11.3 Å². The zero-order valence-corrected chi connectivity index (χ0v) is 19.1. The fraction of sp³-hybridized carbons (Fsp3) is 0.409. The fourth-order valence-corrected chi connectivity index (χ4v) is 4.95. The Hall–Kier alpha value is -3.11. The van der Waals surface area contributed by atoms with Crippen molar-refractivity contribution in [1.29, 1.82) is 0 Å². The highest BCUT2D eigenvalue weighted by Crippen LogP contribution is 2.35. The largest absolute Gasteiger partial charge is 0.480 e. The highest BCUT2D eigenvalue weighted by molar-refractivity contribution is 7.20. The van der Waals surface area contributed by atoms with Gasteiger partial charge in [0.2, 0.25) is 5.88 Å². The second-order valence-corrected chi connectivity index (χ2v) is 8.59. The van der Waals surface area contributed by atoms with E-state index in [9.17, 15) is 9.59 Å². The molecular formula is C22H25N5O4S. The van der Waals surface area contributed by atoms with Crippen molar-refractivity contribution in [2.45, 2.75) is 32.4 Å². The second-order valence-electron chi connectivity index (χ2n) is 7.59. The number of carbonyl (C=O) groups is 2. The van der Waals surface area contributed by atoms with Crippen molar-refractivity contribution >= 4 is 33.4 Å². The van der Waals surface area contributed by atoms with Crippen LogP contribution in [0, 0.1) is 6.92 Å². The van der Waals surface area contributed by atoms with Gasteiger partial charge in [-0.15, -0.1) is 11.3 Å². The van der Waals surface area contributed by atoms with Crippen LogP contribution in [0.3, 0.4) is 0 Å². The maximum atomic E-state index is 13.0. The van der Waals surface area contributed by atoms with Crippen molar-refractivity contribution in [3.8, 4) is 5.88 Å². The molecule has 0 radical (unpaired) electrons. The van der Waals surface area contributed by atoms with Crippen molar-refractivity contribution in [2.75, 3.05) is 27.3 Å². The van der Waals surface area contributed by atoms with Gasteiger partial charge in [0.1, 0.15) is 11.4 Å². The van der Waals surface area contributed by atoms with E-state index in [2.05, 4.69) is 20.3 Å². The van der Waals surface area contributed by atoms with Crippen LogP contribution in [0.2, 0.25) is 0 Å². The van der Waals surface area contributed by atoms with Crippen molar-refractivity contribution in [3.05, 3.63) is 46.4 Å². The van der Waals surface area contributed by atoms with Gasteiger partial charge in [0, 0.05) is 44.2 Å². The quantitative estimate of drug-likeness (QED) is 0.609. The van der Waals surface area contributed by atoms with Gasteiger partial charge < -0.3 is 19.7 Å². The number of aryl methyl sites for hydroxylation is 1. The molecule has 0 aromatic carbocycles. The number of thiophene rings is 1. The van der Waals surface area contributed by atoms with Crippen LogP contribution in [0.25, 0.3) is 10.2 Å². The molecule has 0 spiro atoms. The van der Waals surface area contributed by atoms with Crippen molar-refractivity contribution in [3.63, 3.8) is 0 Å². The summed E-state index contributed by atoms with van der Waals surface area (Å²) in [6.07, 6.45) is 4.64. The third-order valence-electron chi connectivity index (χ3n) is 5.52. The summed E-state index contributed by atoms with van der Waals surface area (Å²) in [5, 5.41) is 3.87. The molecule has 10 heteroatoms. The number of ether oxygens (including phenoxy) is 2. The lowest BCUT2D eigenvalue weighted by Gasteiger charge is -2.32. The second kappa shape index (κ2) is 9.58. The smallest absolute Gasteiger partial charge is 0.261 e. The number of methoxy groups -OCH3 is 2. The Labute approximate surface area is 189 Å². The Bertz CT molecular complexity index is 1130. The predicted octanol–water partition coefficient (Wildman–Crippen LogP) is 2.58. The van der Waals surface area contributed by atoms with Crippen LogP contribution in [0.5, 0.6) is 5.88 Å². The molecule has 0 atom stereocenters. The Balaban J connectivity index is 1.44. The van der Waals surface area contributed by atoms with E-state index in [4.69, 9.17) is 9.47 Å². The average molecular weight is 456 g/mol. The SMILES string of the molecule is COCc1nc(OC)c2c(C)c(C(=O)NC3CCN(C(=O)c4ccncc4)CC3)sc2n1. The number of likely N-dealkylation sites (tertiary alicyclic amines) is 1. The van der Waals surface area contributed by atoms with E-state index in [0.29, 0.717) is 52.9 Å². The molecule has 0 unspecified atom stereocenters. The maximum Gasteiger partial charge on any atom is 0.261 e. The van der Waals surface area contributed by atoms with Crippen LogP contribution in [0.1, 0.15) is 44.3 Å². The molecule has 168 valence electrons. The number of hydrogen-bond acceptors (Lipinski definition) is 8. The molecule has 3 aromatic rings. The highest BCUT2D eigenvalue weighted by Gasteiger charge is 2.27. The molecule has 0 aliphatic carbocycles. The van der Waals surface area contributed by atoms with E-state index >= 15 is 0 Å². The number of nitrogens with one attached hydrogen (secondary N) is 1. The topological polar surface area (TPSA) is 107 Å². The first-order valence-corrected chi connectivity index (χ1v) is 11.2. The highest BCUT2D eigenvalue weighted by atomic mass is 32.1. The van der Waals surface area contributed by atoms with Crippen LogP contribution in [0.15, 0.2) is 24.5 Å². The van der Waals surface area contributed by atoms with E-state index < -0.39 is 0 Å². The summed E-state index contributed by atoms with van der Waals surface area (Å²) in [5.74, 6) is 0.809. The molecule has 1 aliphatic rings. The first-order valence-electron chi connectivity index (χ1n) is 10.3. The van der Waals surface area contributed by atoms with E-state index in [1.165, 1.54) is 11.3 Å². The van der Waals surface area contributed by atoms with Gasteiger partial charge in [0.25, 0.3) is 11.8 Å². The summed E-state index contributed by atoms with van der Waals surface area (Å²) < 4.78 is 10.6. The van der Waals surface area contributed by atoms with Crippen LogP contribution >= 0.6 is 11.3 Å². The number of piperidine rings is 1. The number of fused-ring (bicyclic) bond motifs is 1. The zero-order chi connectivity index (χ0) is 22.7. The van der Waals surface area contributed by atoms with Gasteiger partial charge in [0.05, 0.1) is 17.4 Å². The summed E-state index contributed by atoms with van der Waals surface area (Å²) in [7, 11) is 3.13. The average Bonchev–Trinajstić information content (AvgIpc) is 3.16. The molecule has 1 N–H and O–H groups in total. The third-order valence-corrected chi connectivity index (χ3v) is 6.71. The number of amides is 2. The molecule has 0 bridgehead atoms. The van der Waals surface area contributed by atoms with Crippen LogP contribution in [0.4, 0.5) is 0 Å². The van der Waals surface area contributed by atoms with E-state index in [-0.39, 0.29) is 24.5 Å². The summed E-state index contributed by atoms with van der Waals surface area (Å²) >= 11 is 1.32. The molecule has 3 aromatic heterocycles. The third kappa shape index (κ3) is 4.42. The monoisotopic (exact) mass is 455 g/mol. The molecule has 32 heavy (non-hydrogen) atoms. The summed E-state index contributed by atoms with van der Waals surface area (Å²) in [6.45, 7) is 3.33. The number of rotatable bonds is 6. The van der Waals surface area contributed by atoms with Gasteiger partial charge in [-0.2, -0.15) is 4.98 Å². The lowest BCUT2D eigenvalue weighted by molar-refractivity contribution is 0.0698. The van der Waals surface area contributed by atoms with Gasteiger partial charge >= 0.3 is 0 Å². The first-order chi connectivity index (χ1) is 15.5. The van der Waals surface area contributed by atoms with Crippen molar-refractivity contribution in [2.24, 2.45) is 0 Å². The number of aromatic nitrogens is 3. The zero-order valence-electron chi connectivity index (χ0n) is 18.3. The number of carbonyl (C=O) groups excluding carboxylic acids is 2. The van der Waals surface area contributed by atoms with Gasteiger partial charge in [-0.05, 0) is 37.5 Å². The standard InChI is InChI=1S/C22H25N5O4S/c1-13-17-20(31-3)25-16(12-30-2)26-21(17)32-18(13)19(28)24-15-6-10-27(11-7-15)22(29)14-4-8-23-9-5-14/h4-5,8-9,15H,6-7,10-12H2,1-3H3,(H,24,28). The number of pyridine rings is 1. The van der Waals surface area contributed by atoms with Crippen molar-refractivity contribution in [1.82, 2.24) is 25.2 Å². The number of nitrogens with zero attached hydrogens (tertiary/aromatic N) is 4. The van der Waals surface area contributed by atoms with Crippen molar-refractivity contribution < 1.29 is 19.1 Å².